The summed E-state index contributed by atoms with van der Waals surface area (Å²) in [6.07, 6.45) is 2.29. The third-order valence-corrected chi connectivity index (χ3v) is 3.22. The quantitative estimate of drug-likeness (QED) is 0.599. The van der Waals surface area contributed by atoms with Crippen LogP contribution in [0.15, 0.2) is 0 Å². The average Bonchev–Trinajstić information content (AvgIpc) is 2.74. The standard InChI is InChI=1S/C10H17NO2/c1-6(2)11-8-4-7(8)5-9(11)10(12)13-3/h6-9H,4-5H2,1-3H3/t7-,8-,9-/m0/s1. The summed E-state index contributed by atoms with van der Waals surface area (Å²) in [5.41, 5.74) is 0. The summed E-state index contributed by atoms with van der Waals surface area (Å²) in [5, 5.41) is 0. The second kappa shape index (κ2) is 2.98. The first-order valence-electron chi connectivity index (χ1n) is 5.00. The molecule has 1 heterocycles. The van der Waals surface area contributed by atoms with E-state index in [2.05, 4.69) is 18.7 Å². The molecule has 0 N–H and O–H groups in total. The van der Waals surface area contributed by atoms with Gasteiger partial charge in [0.15, 0.2) is 0 Å². The van der Waals surface area contributed by atoms with Gasteiger partial charge in [0.25, 0.3) is 0 Å². The van der Waals surface area contributed by atoms with Crippen molar-refractivity contribution in [2.24, 2.45) is 5.92 Å². The lowest BCUT2D eigenvalue weighted by Gasteiger charge is -2.28. The maximum atomic E-state index is 11.4. The molecule has 0 spiro atoms. The normalized spacial score (nSPS) is 37.7. The molecule has 1 aliphatic carbocycles. The summed E-state index contributed by atoms with van der Waals surface area (Å²) in [7, 11) is 1.48. The van der Waals surface area contributed by atoms with Crippen molar-refractivity contribution in [2.75, 3.05) is 7.11 Å². The van der Waals surface area contributed by atoms with Gasteiger partial charge in [0.05, 0.1) is 7.11 Å². The molecule has 0 amide bonds. The molecular weight excluding hydrogens is 166 g/mol. The molecule has 74 valence electrons. The molecule has 0 bridgehead atoms. The minimum absolute atomic E-state index is 0.0359. The van der Waals surface area contributed by atoms with Crippen LogP contribution in [0.3, 0.4) is 0 Å². The molecule has 13 heavy (non-hydrogen) atoms. The van der Waals surface area contributed by atoms with Crippen LogP contribution in [0.25, 0.3) is 0 Å². The van der Waals surface area contributed by atoms with Crippen LogP contribution >= 0.6 is 0 Å². The van der Waals surface area contributed by atoms with E-state index in [-0.39, 0.29) is 12.0 Å². The number of hydrogen-bond acceptors (Lipinski definition) is 3. The van der Waals surface area contributed by atoms with Gasteiger partial charge in [-0.1, -0.05) is 0 Å². The molecule has 2 rings (SSSR count). The lowest BCUT2D eigenvalue weighted by molar-refractivity contribution is -0.147. The number of nitrogens with zero attached hydrogens (tertiary/aromatic N) is 1. The third-order valence-electron chi connectivity index (χ3n) is 3.22. The Labute approximate surface area is 79.0 Å². The largest absolute Gasteiger partial charge is 0.468 e. The zero-order valence-electron chi connectivity index (χ0n) is 8.49. The first-order chi connectivity index (χ1) is 6.15. The molecule has 0 radical (unpaired) electrons. The van der Waals surface area contributed by atoms with Crippen molar-refractivity contribution >= 4 is 5.97 Å². The fourth-order valence-corrected chi connectivity index (χ4v) is 2.59. The predicted molar refractivity (Wildman–Crippen MR) is 49.3 cm³/mol. The number of hydrogen-bond donors (Lipinski definition) is 0. The van der Waals surface area contributed by atoms with E-state index in [1.54, 1.807) is 0 Å². The summed E-state index contributed by atoms with van der Waals surface area (Å²) in [6.45, 7) is 4.30. The Morgan fingerprint density at radius 2 is 2.15 bits per heavy atom. The van der Waals surface area contributed by atoms with Crippen molar-refractivity contribution in [3.63, 3.8) is 0 Å². The zero-order valence-corrected chi connectivity index (χ0v) is 8.49. The van der Waals surface area contributed by atoms with Gasteiger partial charge in [0.2, 0.25) is 0 Å². The molecule has 2 aliphatic rings. The molecule has 3 heteroatoms. The van der Waals surface area contributed by atoms with Gasteiger partial charge >= 0.3 is 5.97 Å². The van der Waals surface area contributed by atoms with E-state index in [1.807, 2.05) is 0 Å². The Morgan fingerprint density at radius 3 is 2.69 bits per heavy atom. The third kappa shape index (κ3) is 1.35. The van der Waals surface area contributed by atoms with Crippen LogP contribution in [-0.2, 0) is 9.53 Å². The van der Waals surface area contributed by atoms with Crippen LogP contribution in [0.4, 0.5) is 0 Å². The van der Waals surface area contributed by atoms with Gasteiger partial charge in [-0.25, -0.2) is 0 Å². The van der Waals surface area contributed by atoms with Crippen LogP contribution in [0.1, 0.15) is 26.7 Å². The van der Waals surface area contributed by atoms with Crippen LogP contribution in [0.5, 0.6) is 0 Å². The van der Waals surface area contributed by atoms with Gasteiger partial charge < -0.3 is 4.74 Å². The van der Waals surface area contributed by atoms with Crippen molar-refractivity contribution in [1.29, 1.82) is 0 Å². The molecule has 0 aromatic heterocycles. The summed E-state index contributed by atoms with van der Waals surface area (Å²) in [5.74, 6) is 0.715. The van der Waals surface area contributed by atoms with Gasteiger partial charge in [-0.2, -0.15) is 0 Å². The summed E-state index contributed by atoms with van der Waals surface area (Å²) >= 11 is 0. The van der Waals surface area contributed by atoms with Crippen LogP contribution in [0, 0.1) is 5.92 Å². The van der Waals surface area contributed by atoms with E-state index >= 15 is 0 Å². The smallest absolute Gasteiger partial charge is 0.323 e. The fraction of sp³-hybridized carbons (Fsp3) is 0.900. The Balaban J connectivity index is 2.07. The number of fused-ring (bicyclic) bond motifs is 1. The number of methoxy groups -OCH3 is 1. The van der Waals surface area contributed by atoms with Crippen molar-refractivity contribution in [1.82, 2.24) is 4.90 Å². The van der Waals surface area contributed by atoms with E-state index in [9.17, 15) is 4.79 Å². The molecule has 0 aromatic carbocycles. The van der Waals surface area contributed by atoms with Gasteiger partial charge in [0.1, 0.15) is 6.04 Å². The van der Waals surface area contributed by atoms with Gasteiger partial charge in [-0.3, -0.25) is 9.69 Å². The molecule has 1 saturated carbocycles. The number of carbonyl (C=O) groups is 1. The number of ether oxygens (including phenoxy) is 1. The van der Waals surface area contributed by atoms with E-state index in [0.29, 0.717) is 12.1 Å². The van der Waals surface area contributed by atoms with Gasteiger partial charge in [-0.15, -0.1) is 0 Å². The topological polar surface area (TPSA) is 29.5 Å². The first-order valence-corrected chi connectivity index (χ1v) is 5.00. The molecule has 1 saturated heterocycles. The highest BCUT2D eigenvalue weighted by Crippen LogP contribution is 2.48. The molecular formula is C10H17NO2. The number of piperidine rings is 1. The zero-order chi connectivity index (χ0) is 9.59. The first kappa shape index (κ1) is 9.00. The highest BCUT2D eigenvalue weighted by Gasteiger charge is 2.55. The molecule has 1 aliphatic heterocycles. The molecule has 3 nitrogen and oxygen atoms in total. The van der Waals surface area contributed by atoms with Crippen LogP contribution in [-0.4, -0.2) is 36.1 Å². The molecule has 3 atom stereocenters. The summed E-state index contributed by atoms with van der Waals surface area (Å²) in [4.78, 5) is 13.7. The lowest BCUT2D eigenvalue weighted by atomic mass is 10.1. The van der Waals surface area contributed by atoms with Crippen molar-refractivity contribution < 1.29 is 9.53 Å². The lowest BCUT2D eigenvalue weighted by Crippen LogP contribution is -2.43. The highest BCUT2D eigenvalue weighted by molar-refractivity contribution is 5.76. The van der Waals surface area contributed by atoms with Crippen molar-refractivity contribution in [2.45, 2.75) is 44.8 Å². The number of esters is 1. The monoisotopic (exact) mass is 183 g/mol. The van der Waals surface area contributed by atoms with Gasteiger partial charge in [0, 0.05) is 12.1 Å². The van der Waals surface area contributed by atoms with Crippen molar-refractivity contribution in [3.8, 4) is 0 Å². The maximum Gasteiger partial charge on any atom is 0.323 e. The molecule has 2 fully saturated rings. The van der Waals surface area contributed by atoms with Gasteiger partial charge in [-0.05, 0) is 32.6 Å². The number of likely N-dealkylation sites (tertiary alicyclic amines) is 1. The Bertz CT molecular complexity index is 227. The van der Waals surface area contributed by atoms with E-state index in [4.69, 9.17) is 4.74 Å². The Kier molecular flexibility index (Phi) is 2.06. The Morgan fingerprint density at radius 1 is 1.46 bits per heavy atom. The second-order valence-corrected chi connectivity index (χ2v) is 4.38. The number of carbonyl (C=O) groups excluding carboxylic acids is 1. The fourth-order valence-electron chi connectivity index (χ4n) is 2.59. The Hall–Kier alpha value is -0.570. The molecule has 0 unspecified atom stereocenters. The summed E-state index contributed by atoms with van der Waals surface area (Å²) < 4.78 is 4.80. The maximum absolute atomic E-state index is 11.4. The molecule has 0 aromatic rings. The second-order valence-electron chi connectivity index (χ2n) is 4.38. The summed E-state index contributed by atoms with van der Waals surface area (Å²) in [6, 6.07) is 1.17. The predicted octanol–water partition coefficient (Wildman–Crippen LogP) is 1.03. The van der Waals surface area contributed by atoms with E-state index < -0.39 is 0 Å². The van der Waals surface area contributed by atoms with Crippen LogP contribution < -0.4 is 0 Å². The minimum atomic E-state index is -0.0547. The highest BCUT2D eigenvalue weighted by atomic mass is 16.5. The van der Waals surface area contributed by atoms with E-state index in [0.717, 1.165) is 12.3 Å². The van der Waals surface area contributed by atoms with Crippen molar-refractivity contribution in [3.05, 3.63) is 0 Å². The van der Waals surface area contributed by atoms with E-state index in [1.165, 1.54) is 13.5 Å². The number of rotatable bonds is 2. The minimum Gasteiger partial charge on any atom is -0.468 e. The average molecular weight is 183 g/mol. The van der Waals surface area contributed by atoms with Crippen LogP contribution in [0.2, 0.25) is 0 Å². The SMILES string of the molecule is COC(=O)[C@@H]1C[C@@H]2C[C@@H]2N1C(C)C.